The van der Waals surface area contributed by atoms with Crippen LogP contribution in [0.2, 0.25) is 5.02 Å². The highest BCUT2D eigenvalue weighted by Gasteiger charge is 2.25. The smallest absolute Gasteiger partial charge is 0.225 e. The van der Waals surface area contributed by atoms with Crippen molar-refractivity contribution in [3.63, 3.8) is 0 Å². The van der Waals surface area contributed by atoms with Gasteiger partial charge in [0, 0.05) is 5.75 Å². The van der Waals surface area contributed by atoms with E-state index >= 15 is 0 Å². The molecule has 1 aromatic carbocycles. The molecule has 0 spiro atoms. The Morgan fingerprint density at radius 3 is 2.91 bits per heavy atom. The lowest BCUT2D eigenvalue weighted by molar-refractivity contribution is 0.108. The molecule has 1 N–H and O–H groups in total. The monoisotopic (exact) mass is 342 g/mol. The van der Waals surface area contributed by atoms with Crippen molar-refractivity contribution < 1.29 is 18.9 Å². The highest BCUT2D eigenvalue weighted by Crippen LogP contribution is 2.35. The Kier molecular flexibility index (Phi) is 5.20. The van der Waals surface area contributed by atoms with E-state index < -0.39 is 5.82 Å². The Hall–Kier alpha value is -1.86. The lowest BCUT2D eigenvalue weighted by atomic mass is 10.1. The topological polar surface area (TPSA) is 75.7 Å². The second-order valence-electron chi connectivity index (χ2n) is 4.47. The molecule has 0 saturated carbocycles. The van der Waals surface area contributed by atoms with E-state index in [1.807, 2.05) is 0 Å². The number of carbonyl (C=O) groups excluding carboxylic acids is 1. The number of hydrogen-bond donors (Lipinski definition) is 1. The van der Waals surface area contributed by atoms with Crippen LogP contribution in [0.5, 0.6) is 0 Å². The van der Waals surface area contributed by atoms with Gasteiger partial charge in [0.05, 0.1) is 21.9 Å². The summed E-state index contributed by atoms with van der Waals surface area (Å²) in [6.45, 7) is 3.14. The summed E-state index contributed by atoms with van der Waals surface area (Å²) in [5.74, 6) is -0.122. The molecule has 0 aliphatic rings. The second kappa shape index (κ2) is 6.93. The van der Waals surface area contributed by atoms with Gasteiger partial charge < -0.3 is 9.73 Å². The Bertz CT molecular complexity index is 725. The Morgan fingerprint density at radius 2 is 2.27 bits per heavy atom. The summed E-state index contributed by atoms with van der Waals surface area (Å²) in [6, 6.07) is 4.20. The average Bonchev–Trinajstić information content (AvgIpc) is 2.86. The summed E-state index contributed by atoms with van der Waals surface area (Å²) in [7, 11) is 0. The van der Waals surface area contributed by atoms with Crippen LogP contribution in [0.1, 0.15) is 23.0 Å². The molecule has 0 saturated heterocycles. The van der Waals surface area contributed by atoms with Crippen molar-refractivity contribution in [2.75, 3.05) is 5.75 Å². The van der Waals surface area contributed by atoms with Crippen LogP contribution >= 0.6 is 23.4 Å². The fourth-order valence-electron chi connectivity index (χ4n) is 1.78. The first-order valence-electron chi connectivity index (χ1n) is 6.21. The maximum Gasteiger partial charge on any atom is 0.225 e. The zero-order chi connectivity index (χ0) is 16.3. The number of benzene rings is 1. The maximum absolute atomic E-state index is 14.0. The molecule has 1 heterocycles. The highest BCUT2D eigenvalue weighted by atomic mass is 35.5. The van der Waals surface area contributed by atoms with Crippen LogP contribution in [0.25, 0.3) is 11.3 Å². The number of nitrogens with zero attached hydrogens (tertiary/aromatic N) is 2. The number of rotatable bonds is 4. The molecule has 22 heavy (non-hydrogen) atoms. The molecule has 0 amide bonds. The zero-order valence-electron chi connectivity index (χ0n) is 11.8. The van der Waals surface area contributed by atoms with Gasteiger partial charge in [0.15, 0.2) is 0 Å². The fourth-order valence-corrected chi connectivity index (χ4v) is 2.81. The van der Waals surface area contributed by atoms with E-state index in [2.05, 4.69) is 10.3 Å². The van der Waals surface area contributed by atoms with E-state index in [1.54, 1.807) is 13.8 Å². The number of oxime groups is 1. The minimum atomic E-state index is -0.590. The largest absolute Gasteiger partial charge is 0.411 e. The predicted molar refractivity (Wildman–Crippen MR) is 83.3 cm³/mol. The van der Waals surface area contributed by atoms with Crippen molar-refractivity contribution in [1.29, 1.82) is 0 Å². The van der Waals surface area contributed by atoms with Gasteiger partial charge in [-0.05, 0) is 26.0 Å². The van der Waals surface area contributed by atoms with Gasteiger partial charge in [-0.3, -0.25) is 4.79 Å². The van der Waals surface area contributed by atoms with Crippen LogP contribution in [0, 0.1) is 12.7 Å². The molecule has 0 radical (unpaired) electrons. The molecule has 1 aromatic heterocycles. The molecule has 2 rings (SSSR count). The molecular weight excluding hydrogens is 331 g/mol. The summed E-state index contributed by atoms with van der Waals surface area (Å²) in [4.78, 5) is 12.3. The van der Waals surface area contributed by atoms with Crippen molar-refractivity contribution in [2.24, 2.45) is 5.16 Å². The first-order valence-corrected chi connectivity index (χ1v) is 7.57. The van der Waals surface area contributed by atoms with Crippen molar-refractivity contribution >= 4 is 34.2 Å². The minimum Gasteiger partial charge on any atom is -0.411 e. The minimum absolute atomic E-state index is 0.0255. The summed E-state index contributed by atoms with van der Waals surface area (Å²) < 4.78 is 19.0. The number of halogens is 2. The first kappa shape index (κ1) is 16.5. The third kappa shape index (κ3) is 3.31. The van der Waals surface area contributed by atoms with Gasteiger partial charge >= 0.3 is 0 Å². The van der Waals surface area contributed by atoms with E-state index in [-0.39, 0.29) is 38.5 Å². The van der Waals surface area contributed by atoms with E-state index in [4.69, 9.17) is 21.3 Å². The summed E-state index contributed by atoms with van der Waals surface area (Å²) in [5.41, 5.74) is 0.634. The van der Waals surface area contributed by atoms with Gasteiger partial charge in [-0.25, -0.2) is 4.39 Å². The van der Waals surface area contributed by atoms with Gasteiger partial charge in [0.25, 0.3) is 0 Å². The number of thioether (sulfide) groups is 1. The third-order valence-electron chi connectivity index (χ3n) is 2.85. The molecule has 0 fully saturated rings. The van der Waals surface area contributed by atoms with Crippen LogP contribution in [-0.4, -0.2) is 26.9 Å². The summed E-state index contributed by atoms with van der Waals surface area (Å²) in [6.07, 6.45) is 0. The second-order valence-corrected chi connectivity index (χ2v) is 5.83. The van der Waals surface area contributed by atoms with Crippen LogP contribution in [0.4, 0.5) is 4.39 Å². The van der Waals surface area contributed by atoms with Crippen molar-refractivity contribution in [1.82, 2.24) is 5.16 Å². The Labute approximate surface area is 135 Å². The molecule has 5 nitrogen and oxygen atoms in total. The maximum atomic E-state index is 14.0. The Balaban J connectivity index is 2.42. The van der Waals surface area contributed by atoms with Crippen LogP contribution in [0.3, 0.4) is 0 Å². The van der Waals surface area contributed by atoms with Crippen molar-refractivity contribution in [2.45, 2.75) is 13.8 Å². The SMILES string of the molecule is C/C(CSC(=O)c1c(-c2c(F)cccc2Cl)noc1C)=N\O. The van der Waals surface area contributed by atoms with Gasteiger partial charge in [-0.2, -0.15) is 0 Å². The molecule has 8 heteroatoms. The number of hydrogen-bond acceptors (Lipinski definition) is 6. The quantitative estimate of drug-likeness (QED) is 0.513. The molecule has 0 aliphatic heterocycles. The lowest BCUT2D eigenvalue weighted by Crippen LogP contribution is -2.03. The van der Waals surface area contributed by atoms with Gasteiger partial charge in [0.1, 0.15) is 17.3 Å². The van der Waals surface area contributed by atoms with E-state index in [9.17, 15) is 9.18 Å². The molecule has 0 bridgehead atoms. The van der Waals surface area contributed by atoms with E-state index in [1.165, 1.54) is 18.2 Å². The third-order valence-corrected chi connectivity index (χ3v) is 4.19. The fraction of sp³-hybridized carbons (Fsp3) is 0.214. The van der Waals surface area contributed by atoms with Gasteiger partial charge in [0.2, 0.25) is 5.12 Å². The first-order chi connectivity index (χ1) is 10.5. The highest BCUT2D eigenvalue weighted by molar-refractivity contribution is 8.14. The van der Waals surface area contributed by atoms with Crippen LogP contribution in [0.15, 0.2) is 27.9 Å². The normalized spacial score (nSPS) is 11.7. The predicted octanol–water partition coefficient (Wildman–Crippen LogP) is 4.17. The molecule has 0 aliphatic carbocycles. The number of aryl methyl sites for hydroxylation is 1. The number of carbonyl (C=O) groups is 1. The van der Waals surface area contributed by atoms with Gasteiger partial charge in [-0.15, -0.1) is 0 Å². The molecular formula is C14H12ClFN2O3S. The Morgan fingerprint density at radius 1 is 1.55 bits per heavy atom. The zero-order valence-corrected chi connectivity index (χ0v) is 13.3. The van der Waals surface area contributed by atoms with Crippen LogP contribution in [-0.2, 0) is 0 Å². The summed E-state index contributed by atoms with van der Waals surface area (Å²) in [5, 5.41) is 15.1. The van der Waals surface area contributed by atoms with E-state index in [0.717, 1.165) is 11.8 Å². The molecule has 2 aromatic rings. The average molecular weight is 343 g/mol. The summed E-state index contributed by atoms with van der Waals surface area (Å²) >= 11 is 6.91. The molecule has 116 valence electrons. The van der Waals surface area contributed by atoms with E-state index in [0.29, 0.717) is 5.71 Å². The molecule has 0 unspecified atom stereocenters. The number of aromatic nitrogens is 1. The lowest BCUT2D eigenvalue weighted by Gasteiger charge is -2.05. The molecule has 0 atom stereocenters. The standard InChI is InChI=1S/C14H12ClFN2O3S/c1-7(17-20)6-22-14(19)11-8(2)21-18-13(11)12-9(15)4-3-5-10(12)16/h3-5,20H,6H2,1-2H3/b17-7+. The van der Waals surface area contributed by atoms with Crippen LogP contribution < -0.4 is 0 Å². The van der Waals surface area contributed by atoms with Crippen molar-refractivity contribution in [3.8, 4) is 11.3 Å². The van der Waals surface area contributed by atoms with Crippen molar-refractivity contribution in [3.05, 3.63) is 40.4 Å². The van der Waals surface area contributed by atoms with Gasteiger partial charge in [-0.1, -0.05) is 39.7 Å².